The van der Waals surface area contributed by atoms with Crippen LogP contribution >= 0.6 is 0 Å². The molecule has 0 aliphatic carbocycles. The molecule has 2 atom stereocenters. The highest BCUT2D eigenvalue weighted by molar-refractivity contribution is 7.89. The van der Waals surface area contributed by atoms with Crippen molar-refractivity contribution in [2.45, 2.75) is 37.3 Å². The van der Waals surface area contributed by atoms with Gasteiger partial charge in [-0.2, -0.15) is 4.31 Å². The number of ether oxygens (including phenoxy) is 1. The standard InChI is InChI=1S/C22H29N3O7S/c1-16(2)14-24(33(30,31)19-11-9-18(10-12-19)25(28)29)15-21(26)20(23-22(27)32-3)13-17-7-5-4-6-8-17/h4-12,16,20-21,26H,13-15H2,1-3H3,(H,23,27)/t20-,21?/m0/s1. The van der Waals surface area contributed by atoms with Crippen LogP contribution in [-0.2, 0) is 21.2 Å². The van der Waals surface area contributed by atoms with E-state index in [9.17, 15) is 28.4 Å². The Hall–Kier alpha value is -3.02. The van der Waals surface area contributed by atoms with Crippen LogP contribution in [0.5, 0.6) is 0 Å². The number of hydrogen-bond donors (Lipinski definition) is 2. The van der Waals surface area contributed by atoms with Crippen LogP contribution in [0, 0.1) is 16.0 Å². The van der Waals surface area contributed by atoms with E-state index < -0.39 is 33.2 Å². The molecule has 0 saturated carbocycles. The first-order valence-electron chi connectivity index (χ1n) is 10.4. The van der Waals surface area contributed by atoms with Crippen LogP contribution in [0.3, 0.4) is 0 Å². The van der Waals surface area contributed by atoms with E-state index >= 15 is 0 Å². The van der Waals surface area contributed by atoms with Gasteiger partial charge in [-0.3, -0.25) is 10.1 Å². The summed E-state index contributed by atoms with van der Waals surface area (Å²) in [6.07, 6.45) is -1.75. The quantitative estimate of drug-likeness (QED) is 0.373. The maximum Gasteiger partial charge on any atom is 0.407 e. The van der Waals surface area contributed by atoms with Gasteiger partial charge in [0.25, 0.3) is 5.69 Å². The molecule has 0 aliphatic heterocycles. The molecule has 0 bridgehead atoms. The van der Waals surface area contributed by atoms with Gasteiger partial charge in [-0.05, 0) is 30.0 Å². The van der Waals surface area contributed by atoms with Crippen LogP contribution in [-0.4, -0.2) is 61.2 Å². The van der Waals surface area contributed by atoms with Gasteiger partial charge in [-0.25, -0.2) is 13.2 Å². The number of carbonyl (C=O) groups is 1. The summed E-state index contributed by atoms with van der Waals surface area (Å²) in [5.74, 6) is -0.0637. The van der Waals surface area contributed by atoms with Crippen LogP contribution in [0.2, 0.25) is 0 Å². The van der Waals surface area contributed by atoms with Crippen LogP contribution in [0.1, 0.15) is 19.4 Å². The van der Waals surface area contributed by atoms with E-state index in [2.05, 4.69) is 10.1 Å². The number of hydrogen-bond acceptors (Lipinski definition) is 7. The predicted molar refractivity (Wildman–Crippen MR) is 122 cm³/mol. The number of nitro benzene ring substituents is 1. The van der Waals surface area contributed by atoms with E-state index in [-0.39, 0.29) is 36.0 Å². The molecule has 33 heavy (non-hydrogen) atoms. The summed E-state index contributed by atoms with van der Waals surface area (Å²) >= 11 is 0. The Morgan fingerprint density at radius 1 is 1.12 bits per heavy atom. The van der Waals surface area contributed by atoms with Crippen molar-refractivity contribution in [1.29, 1.82) is 0 Å². The molecule has 1 amide bonds. The van der Waals surface area contributed by atoms with E-state index in [1.54, 1.807) is 0 Å². The fourth-order valence-corrected chi connectivity index (χ4v) is 4.89. The van der Waals surface area contributed by atoms with Gasteiger partial charge in [-0.15, -0.1) is 0 Å². The number of methoxy groups -OCH3 is 1. The van der Waals surface area contributed by atoms with E-state index in [0.717, 1.165) is 22.0 Å². The summed E-state index contributed by atoms with van der Waals surface area (Å²) in [5, 5.41) is 24.4. The second-order valence-corrected chi connectivity index (χ2v) is 9.90. The molecule has 0 aromatic heterocycles. The minimum absolute atomic E-state index is 0.0637. The third-order valence-corrected chi connectivity index (χ3v) is 6.74. The normalized spacial score (nSPS) is 13.5. The fraction of sp³-hybridized carbons (Fsp3) is 0.409. The Labute approximate surface area is 193 Å². The van der Waals surface area contributed by atoms with Gasteiger partial charge in [-0.1, -0.05) is 44.2 Å². The average Bonchev–Trinajstić information content (AvgIpc) is 2.78. The minimum atomic E-state index is -4.07. The zero-order chi connectivity index (χ0) is 24.6. The van der Waals surface area contributed by atoms with Crippen molar-refractivity contribution in [3.05, 3.63) is 70.3 Å². The van der Waals surface area contributed by atoms with E-state index in [0.29, 0.717) is 0 Å². The minimum Gasteiger partial charge on any atom is -0.453 e. The molecule has 1 unspecified atom stereocenters. The number of sulfonamides is 1. The summed E-state index contributed by atoms with van der Waals surface area (Å²) in [7, 11) is -2.87. The topological polar surface area (TPSA) is 139 Å². The maximum absolute atomic E-state index is 13.3. The number of benzene rings is 2. The first-order valence-corrected chi connectivity index (χ1v) is 11.8. The molecule has 11 heteroatoms. The summed E-state index contributed by atoms with van der Waals surface area (Å²) < 4.78 is 32.3. The number of aliphatic hydroxyl groups excluding tert-OH is 1. The lowest BCUT2D eigenvalue weighted by molar-refractivity contribution is -0.384. The first kappa shape index (κ1) is 26.2. The van der Waals surface area contributed by atoms with Crippen molar-refractivity contribution < 1.29 is 28.0 Å². The second kappa shape index (κ2) is 11.7. The molecule has 180 valence electrons. The van der Waals surface area contributed by atoms with Gasteiger partial charge in [0.05, 0.1) is 29.1 Å². The third kappa shape index (κ3) is 7.52. The Balaban J connectivity index is 2.31. The molecule has 0 spiro atoms. The SMILES string of the molecule is COC(=O)N[C@@H](Cc1ccccc1)C(O)CN(CC(C)C)S(=O)(=O)c1ccc([N+](=O)[O-])cc1. The molecule has 10 nitrogen and oxygen atoms in total. The summed E-state index contributed by atoms with van der Waals surface area (Å²) in [5.41, 5.74) is 0.612. The van der Waals surface area contributed by atoms with Gasteiger partial charge in [0.2, 0.25) is 10.0 Å². The summed E-state index contributed by atoms with van der Waals surface area (Å²) in [6, 6.07) is 12.9. The number of nitro groups is 1. The fourth-order valence-electron chi connectivity index (χ4n) is 3.26. The Morgan fingerprint density at radius 3 is 2.24 bits per heavy atom. The summed E-state index contributed by atoms with van der Waals surface area (Å²) in [6.45, 7) is 3.48. The lowest BCUT2D eigenvalue weighted by Gasteiger charge is -2.30. The molecule has 0 heterocycles. The molecular weight excluding hydrogens is 450 g/mol. The van der Waals surface area contributed by atoms with Crippen molar-refractivity contribution in [2.24, 2.45) is 5.92 Å². The van der Waals surface area contributed by atoms with Crippen LogP contribution < -0.4 is 5.32 Å². The Kier molecular flexibility index (Phi) is 9.32. The van der Waals surface area contributed by atoms with Gasteiger partial charge in [0.1, 0.15) is 0 Å². The lowest BCUT2D eigenvalue weighted by atomic mass is 10.0. The van der Waals surface area contributed by atoms with Crippen molar-refractivity contribution in [2.75, 3.05) is 20.2 Å². The van der Waals surface area contributed by atoms with Crippen LogP contribution in [0.25, 0.3) is 0 Å². The number of non-ortho nitro benzene ring substituents is 1. The van der Waals surface area contributed by atoms with Crippen LogP contribution in [0.15, 0.2) is 59.5 Å². The number of nitrogens with one attached hydrogen (secondary N) is 1. The van der Waals surface area contributed by atoms with E-state index in [1.165, 1.54) is 19.2 Å². The monoisotopic (exact) mass is 479 g/mol. The summed E-state index contributed by atoms with van der Waals surface area (Å²) in [4.78, 5) is 22.0. The highest BCUT2D eigenvalue weighted by atomic mass is 32.2. The molecule has 0 fully saturated rings. The van der Waals surface area contributed by atoms with Gasteiger partial charge >= 0.3 is 6.09 Å². The van der Waals surface area contributed by atoms with Crippen LogP contribution in [0.4, 0.5) is 10.5 Å². The van der Waals surface area contributed by atoms with Gasteiger partial charge in [0, 0.05) is 25.2 Å². The van der Waals surface area contributed by atoms with Crippen molar-refractivity contribution in [3.8, 4) is 0 Å². The number of amides is 1. The highest BCUT2D eigenvalue weighted by Gasteiger charge is 2.31. The maximum atomic E-state index is 13.3. The number of nitrogens with zero attached hydrogens (tertiary/aromatic N) is 2. The van der Waals surface area contributed by atoms with Crippen molar-refractivity contribution in [3.63, 3.8) is 0 Å². The zero-order valence-corrected chi connectivity index (χ0v) is 19.6. The highest BCUT2D eigenvalue weighted by Crippen LogP contribution is 2.21. The molecular formula is C22H29N3O7S. The predicted octanol–water partition coefficient (Wildman–Crippen LogP) is 2.57. The Bertz CT molecular complexity index is 1030. The third-order valence-electron chi connectivity index (χ3n) is 4.90. The molecule has 2 N–H and O–H groups in total. The zero-order valence-electron chi connectivity index (χ0n) is 18.7. The molecule has 0 aliphatic rings. The number of carbonyl (C=O) groups excluding carboxylic acids is 1. The first-order chi connectivity index (χ1) is 15.5. The average molecular weight is 480 g/mol. The molecule has 0 saturated heterocycles. The van der Waals surface area contributed by atoms with Gasteiger partial charge in [0.15, 0.2) is 0 Å². The number of alkyl carbamates (subject to hydrolysis) is 1. The Morgan fingerprint density at radius 2 is 1.73 bits per heavy atom. The molecule has 0 radical (unpaired) electrons. The largest absolute Gasteiger partial charge is 0.453 e. The van der Waals surface area contributed by atoms with Crippen molar-refractivity contribution >= 4 is 21.8 Å². The van der Waals surface area contributed by atoms with E-state index in [4.69, 9.17) is 0 Å². The number of rotatable bonds is 11. The van der Waals surface area contributed by atoms with Crippen molar-refractivity contribution in [1.82, 2.24) is 9.62 Å². The molecule has 2 aromatic rings. The molecule has 2 rings (SSSR count). The molecule has 2 aromatic carbocycles. The smallest absolute Gasteiger partial charge is 0.407 e. The second-order valence-electron chi connectivity index (χ2n) is 7.97. The van der Waals surface area contributed by atoms with E-state index in [1.807, 2.05) is 44.2 Å². The number of aliphatic hydroxyl groups is 1. The lowest BCUT2D eigenvalue weighted by Crippen LogP contribution is -2.51. The van der Waals surface area contributed by atoms with Gasteiger partial charge < -0.3 is 15.2 Å².